The third-order valence-corrected chi connectivity index (χ3v) is 2.43. The zero-order chi connectivity index (χ0) is 16.3. The molecule has 1 unspecified atom stereocenters. The Kier molecular flexibility index (Phi) is 5.09. The lowest BCUT2D eigenvalue weighted by Gasteiger charge is -2.33. The monoisotopic (exact) mass is 300 g/mol. The molecule has 7 heteroatoms. The van der Waals surface area contributed by atoms with Crippen LogP contribution in [0.2, 0.25) is 0 Å². The Morgan fingerprint density at radius 3 is 2.10 bits per heavy atom. The molecule has 1 rings (SSSR count). The van der Waals surface area contributed by atoms with Gasteiger partial charge in [-0.25, -0.2) is 4.79 Å². The Hall–Kier alpha value is -1.50. The number of hydrogen-bond donors (Lipinski definition) is 0. The van der Waals surface area contributed by atoms with Crippen LogP contribution in [0.5, 0.6) is 0 Å². The smallest absolute Gasteiger partial charge is 0.419 e. The first-order valence-electron chi connectivity index (χ1n) is 6.23. The van der Waals surface area contributed by atoms with Crippen molar-refractivity contribution < 1.29 is 27.4 Å². The van der Waals surface area contributed by atoms with Crippen LogP contribution in [0.15, 0.2) is 30.3 Å². The molecule has 21 heavy (non-hydrogen) atoms. The van der Waals surface area contributed by atoms with Crippen LogP contribution in [0.1, 0.15) is 26.3 Å². The molecule has 0 N–H and O–H groups in total. The van der Waals surface area contributed by atoms with Crippen molar-refractivity contribution in [2.24, 2.45) is 0 Å². The molecule has 2 radical (unpaired) electrons. The number of rotatable bonds is 4. The molecule has 0 saturated heterocycles. The summed E-state index contributed by atoms with van der Waals surface area (Å²) in [5, 5.41) is 0. The van der Waals surface area contributed by atoms with Crippen LogP contribution >= 0.6 is 0 Å². The third-order valence-electron chi connectivity index (χ3n) is 2.43. The van der Waals surface area contributed by atoms with Crippen LogP contribution in [0.4, 0.5) is 13.2 Å². The van der Waals surface area contributed by atoms with E-state index < -0.39 is 29.9 Å². The quantitative estimate of drug-likeness (QED) is 0.633. The summed E-state index contributed by atoms with van der Waals surface area (Å²) in [5.74, 6) is -1.67. The van der Waals surface area contributed by atoms with E-state index in [0.29, 0.717) is 5.56 Å². The molecule has 0 aromatic heterocycles. The fraction of sp³-hybridized carbons (Fsp3) is 0.500. The average molecular weight is 300 g/mol. The minimum absolute atomic E-state index is 0.458. The fourth-order valence-corrected chi connectivity index (χ4v) is 1.38. The van der Waals surface area contributed by atoms with Crippen molar-refractivity contribution >= 4 is 13.8 Å². The van der Waals surface area contributed by atoms with Crippen LogP contribution in [0.25, 0.3) is 0 Å². The molecular formula is C14H16BF3O3. The van der Waals surface area contributed by atoms with E-state index in [2.05, 4.69) is 4.74 Å². The molecule has 0 fully saturated rings. The van der Waals surface area contributed by atoms with Crippen molar-refractivity contribution in [1.29, 1.82) is 0 Å². The summed E-state index contributed by atoms with van der Waals surface area (Å²) in [7, 11) is 5.15. The fourth-order valence-electron chi connectivity index (χ4n) is 1.38. The standard InChI is InChI=1S/C14H16BF3O3/c1-12(2,3)21-11(19)13(15,14(16,17)18)20-9-10-7-5-4-6-8-10/h4-8H,9H2,1-3H3. The van der Waals surface area contributed by atoms with E-state index in [1.165, 1.54) is 20.8 Å². The Bertz CT molecular complexity index is 482. The second-order valence-corrected chi connectivity index (χ2v) is 5.51. The number of hydrogen-bond acceptors (Lipinski definition) is 3. The number of benzene rings is 1. The predicted molar refractivity (Wildman–Crippen MR) is 71.6 cm³/mol. The zero-order valence-electron chi connectivity index (χ0n) is 12.0. The number of halogens is 3. The van der Waals surface area contributed by atoms with Crippen molar-refractivity contribution in [2.75, 3.05) is 0 Å². The minimum Gasteiger partial charge on any atom is -0.458 e. The van der Waals surface area contributed by atoms with Gasteiger partial charge < -0.3 is 9.47 Å². The number of esters is 1. The Labute approximate surface area is 122 Å². The molecule has 0 heterocycles. The SMILES string of the molecule is [B]C(OCc1ccccc1)(C(=O)OC(C)(C)C)C(F)(F)F. The lowest BCUT2D eigenvalue weighted by atomic mass is 9.80. The number of ether oxygens (including phenoxy) is 2. The van der Waals surface area contributed by atoms with E-state index in [4.69, 9.17) is 12.6 Å². The van der Waals surface area contributed by atoms with Crippen LogP contribution in [0.3, 0.4) is 0 Å². The predicted octanol–water partition coefficient (Wildman–Crippen LogP) is 2.97. The van der Waals surface area contributed by atoms with Gasteiger partial charge in [-0.2, -0.15) is 13.2 Å². The van der Waals surface area contributed by atoms with Gasteiger partial charge in [0.1, 0.15) is 13.4 Å². The molecule has 114 valence electrons. The van der Waals surface area contributed by atoms with E-state index in [1.807, 2.05) is 0 Å². The van der Waals surface area contributed by atoms with Crippen LogP contribution in [0, 0.1) is 0 Å². The summed E-state index contributed by atoms with van der Waals surface area (Å²) in [5.41, 5.74) is -4.15. The topological polar surface area (TPSA) is 35.5 Å². The first-order valence-corrected chi connectivity index (χ1v) is 6.23. The van der Waals surface area contributed by atoms with Gasteiger partial charge in [0, 0.05) is 0 Å². The highest BCUT2D eigenvalue weighted by Crippen LogP contribution is 2.34. The lowest BCUT2D eigenvalue weighted by molar-refractivity contribution is -0.254. The number of carbonyl (C=O) groups excluding carboxylic acids is 1. The summed E-state index contributed by atoms with van der Waals surface area (Å²) in [6.45, 7) is 3.87. The number of carbonyl (C=O) groups is 1. The van der Waals surface area contributed by atoms with E-state index in [1.54, 1.807) is 30.3 Å². The van der Waals surface area contributed by atoms with Crippen molar-refractivity contribution in [3.05, 3.63) is 35.9 Å². The van der Waals surface area contributed by atoms with Gasteiger partial charge in [0.05, 0.1) is 6.61 Å². The first-order chi connectivity index (χ1) is 9.46. The van der Waals surface area contributed by atoms with Gasteiger partial charge in [-0.3, -0.25) is 0 Å². The minimum atomic E-state index is -5.09. The van der Waals surface area contributed by atoms with Gasteiger partial charge in [0.15, 0.2) is 0 Å². The number of alkyl halides is 3. The Balaban J connectivity index is 2.92. The van der Waals surface area contributed by atoms with Gasteiger partial charge in [-0.15, -0.1) is 0 Å². The van der Waals surface area contributed by atoms with Crippen molar-refractivity contribution in [3.8, 4) is 0 Å². The molecule has 1 aromatic rings. The summed E-state index contributed by atoms with van der Waals surface area (Å²) in [6.07, 6.45) is -5.09. The molecule has 0 aliphatic rings. The van der Waals surface area contributed by atoms with Crippen molar-refractivity contribution in [1.82, 2.24) is 0 Å². The van der Waals surface area contributed by atoms with Gasteiger partial charge in [-0.05, 0) is 26.3 Å². The summed E-state index contributed by atoms with van der Waals surface area (Å²) >= 11 is 0. The van der Waals surface area contributed by atoms with Crippen molar-refractivity contribution in [3.63, 3.8) is 0 Å². The molecule has 0 amide bonds. The Morgan fingerprint density at radius 2 is 1.67 bits per heavy atom. The second kappa shape index (κ2) is 6.09. The molecule has 1 atom stereocenters. The molecule has 0 aliphatic heterocycles. The van der Waals surface area contributed by atoms with E-state index >= 15 is 0 Å². The second-order valence-electron chi connectivity index (χ2n) is 5.51. The summed E-state index contributed by atoms with van der Waals surface area (Å²) in [6, 6.07) is 8.10. The molecule has 0 saturated carbocycles. The molecule has 0 bridgehead atoms. The van der Waals surface area contributed by atoms with Gasteiger partial charge in [0.2, 0.25) is 5.50 Å². The van der Waals surface area contributed by atoms with Crippen molar-refractivity contribution in [2.45, 2.75) is 44.7 Å². The maximum Gasteiger partial charge on any atom is 0.419 e. The Morgan fingerprint density at radius 1 is 1.14 bits per heavy atom. The van der Waals surface area contributed by atoms with E-state index in [-0.39, 0.29) is 0 Å². The maximum absolute atomic E-state index is 13.1. The first kappa shape index (κ1) is 17.6. The molecule has 1 aromatic carbocycles. The molecular weight excluding hydrogens is 284 g/mol. The largest absolute Gasteiger partial charge is 0.458 e. The normalized spacial score (nSPS) is 15.3. The molecule has 3 nitrogen and oxygen atoms in total. The van der Waals surface area contributed by atoms with Crippen LogP contribution in [-0.2, 0) is 20.9 Å². The van der Waals surface area contributed by atoms with Gasteiger partial charge in [-0.1, -0.05) is 30.3 Å². The van der Waals surface area contributed by atoms with E-state index in [9.17, 15) is 18.0 Å². The van der Waals surface area contributed by atoms with Gasteiger partial charge in [0.25, 0.3) is 0 Å². The van der Waals surface area contributed by atoms with Crippen LogP contribution in [-0.4, -0.2) is 31.1 Å². The molecule has 0 aliphatic carbocycles. The average Bonchev–Trinajstić information content (AvgIpc) is 2.33. The van der Waals surface area contributed by atoms with E-state index in [0.717, 1.165) is 0 Å². The van der Waals surface area contributed by atoms with Gasteiger partial charge >= 0.3 is 12.1 Å². The summed E-state index contributed by atoms with van der Waals surface area (Å²) in [4.78, 5) is 11.8. The highest BCUT2D eigenvalue weighted by molar-refractivity contribution is 6.27. The maximum atomic E-state index is 13.1. The lowest BCUT2D eigenvalue weighted by Crippen LogP contribution is -2.57. The highest BCUT2D eigenvalue weighted by atomic mass is 19.4. The van der Waals surface area contributed by atoms with Crippen LogP contribution < -0.4 is 0 Å². The highest BCUT2D eigenvalue weighted by Gasteiger charge is 2.59. The third kappa shape index (κ3) is 4.77. The molecule has 0 spiro atoms. The zero-order valence-corrected chi connectivity index (χ0v) is 12.0. The summed E-state index contributed by atoms with van der Waals surface area (Å²) < 4.78 is 48.6.